The molecule has 0 saturated carbocycles. The molecule has 0 bridgehead atoms. The Morgan fingerprint density at radius 1 is 1.03 bits per heavy atom. The maximum absolute atomic E-state index is 13.1. The molecule has 0 saturated heterocycles. The average molecular weight is 545 g/mol. The molecule has 1 atom stereocenters. The summed E-state index contributed by atoms with van der Waals surface area (Å²) in [6.45, 7) is 3.20. The summed E-state index contributed by atoms with van der Waals surface area (Å²) in [5.74, 6) is -0.239. The van der Waals surface area contributed by atoms with Crippen molar-refractivity contribution < 1.29 is 22.7 Å². The zero-order valence-corrected chi connectivity index (χ0v) is 24.1. The highest BCUT2D eigenvalue weighted by Gasteiger charge is 2.27. The maximum Gasteiger partial charge on any atom is 0.243 e. The van der Waals surface area contributed by atoms with Gasteiger partial charge in [-0.1, -0.05) is 18.2 Å². The van der Waals surface area contributed by atoms with Crippen molar-refractivity contribution in [2.75, 3.05) is 41.3 Å². The molecule has 2 aromatic carbocycles. The third-order valence-corrected chi connectivity index (χ3v) is 9.30. The van der Waals surface area contributed by atoms with Gasteiger partial charge in [-0.05, 0) is 86.5 Å². The van der Waals surface area contributed by atoms with E-state index in [-0.39, 0.29) is 17.3 Å². The van der Waals surface area contributed by atoms with Gasteiger partial charge in [0.25, 0.3) is 0 Å². The number of hydrogen-bond donors (Lipinski definition) is 2. The number of nitrogens with zero attached hydrogens (tertiary/aromatic N) is 2. The molecular formula is C28H40N4O5S. The van der Waals surface area contributed by atoms with E-state index < -0.39 is 22.5 Å². The largest absolute Gasteiger partial charge is 0.497 e. The van der Waals surface area contributed by atoms with Crippen LogP contribution in [0.5, 0.6) is 5.75 Å². The summed E-state index contributed by atoms with van der Waals surface area (Å²) in [5.41, 5.74) is 4.81. The summed E-state index contributed by atoms with van der Waals surface area (Å²) in [6.07, 6.45) is 4.27. The second kappa shape index (κ2) is 12.7. The van der Waals surface area contributed by atoms with Crippen molar-refractivity contribution in [2.24, 2.45) is 0 Å². The predicted molar refractivity (Wildman–Crippen MR) is 148 cm³/mol. The van der Waals surface area contributed by atoms with E-state index >= 15 is 0 Å². The number of amides is 2. The first-order valence-corrected chi connectivity index (χ1v) is 14.3. The van der Waals surface area contributed by atoms with Crippen molar-refractivity contribution >= 4 is 21.8 Å². The summed E-state index contributed by atoms with van der Waals surface area (Å²) >= 11 is 0. The Morgan fingerprint density at radius 2 is 1.66 bits per heavy atom. The number of aryl methyl sites for hydroxylation is 4. The minimum absolute atomic E-state index is 0.145. The average Bonchev–Trinajstić information content (AvgIpc) is 3.08. The molecule has 0 heterocycles. The minimum atomic E-state index is -3.91. The minimum Gasteiger partial charge on any atom is -0.497 e. The Kier molecular flexibility index (Phi) is 9.92. The van der Waals surface area contributed by atoms with Gasteiger partial charge in [0, 0.05) is 26.7 Å². The standard InChI is InChI=1S/C28H40N4O5S/c1-19-13-25(37-6)14-20(2)28(19)38(35,36)32(5)18-26(33)30-16-27(34)31(4)17-21-7-8-22-9-11-24(29-3)12-10-23(22)15-21/h7-8,13-15,24,29H,9-12,16-18H2,1-6H3,(H,30,33). The third-order valence-electron chi connectivity index (χ3n) is 7.19. The van der Waals surface area contributed by atoms with Crippen molar-refractivity contribution in [3.8, 4) is 5.75 Å². The van der Waals surface area contributed by atoms with E-state index in [9.17, 15) is 18.0 Å². The van der Waals surface area contributed by atoms with Gasteiger partial charge in [0.15, 0.2) is 0 Å². The Bertz CT molecular complexity index is 1250. The van der Waals surface area contributed by atoms with Gasteiger partial charge in [0.1, 0.15) is 5.75 Å². The number of ether oxygens (including phenoxy) is 1. The highest BCUT2D eigenvalue weighted by atomic mass is 32.2. The van der Waals surface area contributed by atoms with E-state index in [1.54, 1.807) is 37.9 Å². The zero-order chi connectivity index (χ0) is 28.0. The van der Waals surface area contributed by atoms with Crippen LogP contribution in [-0.4, -0.2) is 76.8 Å². The molecule has 2 aromatic rings. The highest BCUT2D eigenvalue weighted by Crippen LogP contribution is 2.27. The molecule has 0 fully saturated rings. The van der Waals surface area contributed by atoms with Crippen LogP contribution in [0, 0.1) is 13.8 Å². The number of hydrogen-bond acceptors (Lipinski definition) is 6. The van der Waals surface area contributed by atoms with Crippen LogP contribution < -0.4 is 15.4 Å². The highest BCUT2D eigenvalue weighted by molar-refractivity contribution is 7.89. The van der Waals surface area contributed by atoms with Crippen LogP contribution in [0.3, 0.4) is 0 Å². The topological polar surface area (TPSA) is 108 Å². The van der Waals surface area contributed by atoms with E-state index in [1.165, 1.54) is 25.3 Å². The molecule has 1 aliphatic rings. The van der Waals surface area contributed by atoms with Crippen molar-refractivity contribution in [3.63, 3.8) is 0 Å². The SMILES string of the molecule is CNC1CCc2ccc(CN(C)C(=O)CNC(=O)CN(C)S(=O)(=O)c3c(C)cc(OC)cc3C)cc2CC1. The third kappa shape index (κ3) is 7.12. The summed E-state index contributed by atoms with van der Waals surface area (Å²) < 4.78 is 32.5. The Morgan fingerprint density at radius 3 is 2.26 bits per heavy atom. The van der Waals surface area contributed by atoms with Gasteiger partial charge in [-0.15, -0.1) is 0 Å². The molecule has 1 unspecified atom stereocenters. The number of carbonyl (C=O) groups excluding carboxylic acids is 2. The van der Waals surface area contributed by atoms with E-state index in [2.05, 4.69) is 28.8 Å². The fraction of sp³-hybridized carbons (Fsp3) is 0.500. The fourth-order valence-corrected chi connectivity index (χ4v) is 6.48. The number of carbonyl (C=O) groups is 2. The zero-order valence-electron chi connectivity index (χ0n) is 23.3. The first kappa shape index (κ1) is 29.6. The molecule has 2 amide bonds. The quantitative estimate of drug-likeness (QED) is 0.444. The van der Waals surface area contributed by atoms with Crippen molar-refractivity contribution in [2.45, 2.75) is 57.0 Å². The number of rotatable bonds is 10. The fourth-order valence-electron chi connectivity index (χ4n) is 4.95. The Balaban J connectivity index is 1.54. The summed E-state index contributed by atoms with van der Waals surface area (Å²) in [6, 6.07) is 10.2. The molecule has 0 spiro atoms. The smallest absolute Gasteiger partial charge is 0.243 e. The van der Waals surface area contributed by atoms with Gasteiger partial charge < -0.3 is 20.3 Å². The summed E-state index contributed by atoms with van der Waals surface area (Å²) in [7, 11) is 2.66. The van der Waals surface area contributed by atoms with Gasteiger partial charge in [0.05, 0.1) is 25.1 Å². The molecule has 3 rings (SSSR count). The second-order valence-corrected chi connectivity index (χ2v) is 12.0. The van der Waals surface area contributed by atoms with Crippen molar-refractivity contribution in [1.29, 1.82) is 0 Å². The van der Waals surface area contributed by atoms with Crippen LogP contribution in [0.1, 0.15) is 40.7 Å². The van der Waals surface area contributed by atoms with Crippen LogP contribution in [0.4, 0.5) is 0 Å². The molecule has 0 aromatic heterocycles. The molecular weight excluding hydrogens is 504 g/mol. The predicted octanol–water partition coefficient (Wildman–Crippen LogP) is 2.17. The number of nitrogens with one attached hydrogen (secondary N) is 2. The number of fused-ring (bicyclic) bond motifs is 1. The van der Waals surface area contributed by atoms with E-state index in [1.807, 2.05) is 7.05 Å². The molecule has 0 aliphatic heterocycles. The molecule has 9 nitrogen and oxygen atoms in total. The van der Waals surface area contributed by atoms with Gasteiger partial charge in [-0.3, -0.25) is 9.59 Å². The van der Waals surface area contributed by atoms with Gasteiger partial charge >= 0.3 is 0 Å². The first-order valence-electron chi connectivity index (χ1n) is 12.9. The number of likely N-dealkylation sites (N-methyl/N-ethyl adjacent to an activating group) is 2. The number of methoxy groups -OCH3 is 1. The van der Waals surface area contributed by atoms with E-state index in [0.29, 0.717) is 29.5 Å². The molecule has 2 N–H and O–H groups in total. The van der Waals surface area contributed by atoms with Crippen molar-refractivity contribution in [3.05, 3.63) is 58.1 Å². The lowest BCUT2D eigenvalue weighted by atomic mass is 10.00. The summed E-state index contributed by atoms with van der Waals surface area (Å²) in [4.78, 5) is 26.9. The van der Waals surface area contributed by atoms with Gasteiger partial charge in [-0.25, -0.2) is 8.42 Å². The van der Waals surface area contributed by atoms with E-state index in [0.717, 1.165) is 35.6 Å². The number of benzene rings is 2. The molecule has 208 valence electrons. The second-order valence-electron chi connectivity index (χ2n) is 10.0. The lowest BCUT2D eigenvalue weighted by Crippen LogP contribution is -2.43. The molecule has 1 aliphatic carbocycles. The van der Waals surface area contributed by atoms with Crippen LogP contribution in [-0.2, 0) is 39.0 Å². The van der Waals surface area contributed by atoms with Crippen molar-refractivity contribution in [1.82, 2.24) is 19.8 Å². The maximum atomic E-state index is 13.1. The van der Waals surface area contributed by atoms with Crippen LogP contribution >= 0.6 is 0 Å². The van der Waals surface area contributed by atoms with Gasteiger partial charge in [0.2, 0.25) is 21.8 Å². The first-order chi connectivity index (χ1) is 18.0. The normalized spacial score (nSPS) is 15.5. The van der Waals surface area contributed by atoms with Crippen LogP contribution in [0.15, 0.2) is 35.2 Å². The lowest BCUT2D eigenvalue weighted by molar-refractivity contribution is -0.132. The number of sulfonamides is 1. The summed E-state index contributed by atoms with van der Waals surface area (Å²) in [5, 5.41) is 5.93. The van der Waals surface area contributed by atoms with Gasteiger partial charge in [-0.2, -0.15) is 4.31 Å². The van der Waals surface area contributed by atoms with Crippen LogP contribution in [0.2, 0.25) is 0 Å². The van der Waals surface area contributed by atoms with Crippen LogP contribution in [0.25, 0.3) is 0 Å². The lowest BCUT2D eigenvalue weighted by Gasteiger charge is -2.21. The monoisotopic (exact) mass is 544 g/mol. The van der Waals surface area contributed by atoms with E-state index in [4.69, 9.17) is 4.74 Å². The molecule has 38 heavy (non-hydrogen) atoms. The Labute approximate surface area is 226 Å². The molecule has 0 radical (unpaired) electrons. The molecule has 10 heteroatoms. The Hall–Kier alpha value is -2.95.